The third-order valence-corrected chi connectivity index (χ3v) is 4.64. The van der Waals surface area contributed by atoms with Crippen LogP contribution in [0.2, 0.25) is 10.0 Å². The van der Waals surface area contributed by atoms with E-state index in [0.717, 1.165) is 21.9 Å². The summed E-state index contributed by atoms with van der Waals surface area (Å²) in [6, 6.07) is 9.66. The average molecular weight is 349 g/mol. The molecule has 0 bridgehead atoms. The summed E-state index contributed by atoms with van der Waals surface area (Å²) in [7, 11) is 0. The highest BCUT2D eigenvalue weighted by atomic mass is 35.5. The van der Waals surface area contributed by atoms with E-state index in [0.29, 0.717) is 21.4 Å². The van der Waals surface area contributed by atoms with Crippen molar-refractivity contribution in [3.63, 3.8) is 0 Å². The van der Waals surface area contributed by atoms with Crippen molar-refractivity contribution >= 4 is 51.6 Å². The van der Waals surface area contributed by atoms with Crippen LogP contribution in [-0.4, -0.2) is 19.4 Å². The zero-order chi connectivity index (χ0) is 15.1. The zero-order valence-corrected chi connectivity index (χ0v) is 13.6. The Labute approximate surface area is 140 Å². The van der Waals surface area contributed by atoms with E-state index < -0.39 is 0 Å². The first-order valence-corrected chi connectivity index (χ1v) is 8.33. The van der Waals surface area contributed by atoms with Crippen molar-refractivity contribution < 1.29 is 0 Å². The van der Waals surface area contributed by atoms with Gasteiger partial charge in [0.25, 0.3) is 0 Å². The van der Waals surface area contributed by atoms with E-state index in [1.54, 1.807) is 24.0 Å². The van der Waals surface area contributed by atoms with Gasteiger partial charge in [0.15, 0.2) is 10.8 Å². The minimum atomic E-state index is 0.549. The van der Waals surface area contributed by atoms with Crippen LogP contribution in [0, 0.1) is 0 Å². The molecule has 3 heterocycles. The summed E-state index contributed by atoms with van der Waals surface area (Å²) in [4.78, 5) is 12.4. The van der Waals surface area contributed by atoms with Gasteiger partial charge in [0.2, 0.25) is 0 Å². The summed E-state index contributed by atoms with van der Waals surface area (Å²) in [5.41, 5.74) is 3.64. The molecule has 0 aliphatic rings. The predicted octanol–water partition coefficient (Wildman–Crippen LogP) is 4.81. The lowest BCUT2D eigenvalue weighted by molar-refractivity contribution is 1.07. The van der Waals surface area contributed by atoms with E-state index in [2.05, 4.69) is 15.0 Å². The standard InChI is InChI=1S/C15H10Cl2N4S/c16-9-5-11(17)14-18-10(7-21(14)6-9)8-22-15-19-12-3-1-2-4-13(12)20-15/h1-7H,8H2,(H,19,20). The fourth-order valence-corrected chi connectivity index (χ4v) is 3.58. The number of nitrogens with one attached hydrogen (secondary N) is 1. The molecule has 0 radical (unpaired) electrons. The molecule has 0 aliphatic carbocycles. The first kappa shape index (κ1) is 13.9. The molecule has 0 unspecified atom stereocenters. The Kier molecular flexibility index (Phi) is 3.48. The van der Waals surface area contributed by atoms with Gasteiger partial charge in [-0.25, -0.2) is 9.97 Å². The number of aromatic nitrogens is 4. The largest absolute Gasteiger partial charge is 0.333 e. The van der Waals surface area contributed by atoms with Gasteiger partial charge in [-0.2, -0.15) is 0 Å². The van der Waals surface area contributed by atoms with Crippen LogP contribution in [-0.2, 0) is 5.75 Å². The molecular formula is C15H10Cl2N4S. The molecule has 3 aromatic heterocycles. The molecule has 0 aliphatic heterocycles. The maximum Gasteiger partial charge on any atom is 0.166 e. The second kappa shape index (κ2) is 5.50. The highest BCUT2D eigenvalue weighted by Crippen LogP contribution is 2.25. The predicted molar refractivity (Wildman–Crippen MR) is 90.9 cm³/mol. The number of nitrogens with zero attached hydrogens (tertiary/aromatic N) is 3. The summed E-state index contributed by atoms with van der Waals surface area (Å²) in [6.07, 6.45) is 3.73. The molecule has 1 aromatic carbocycles. The Morgan fingerprint density at radius 2 is 2.00 bits per heavy atom. The number of pyridine rings is 1. The van der Waals surface area contributed by atoms with Crippen molar-refractivity contribution in [3.05, 3.63) is 58.5 Å². The van der Waals surface area contributed by atoms with Crippen molar-refractivity contribution in [1.29, 1.82) is 0 Å². The Bertz CT molecular complexity index is 943. The molecule has 0 atom stereocenters. The number of halogens is 2. The van der Waals surface area contributed by atoms with E-state index in [4.69, 9.17) is 23.2 Å². The topological polar surface area (TPSA) is 46.0 Å². The number of rotatable bonds is 3. The molecular weight excluding hydrogens is 339 g/mol. The minimum absolute atomic E-state index is 0.549. The maximum atomic E-state index is 6.15. The summed E-state index contributed by atoms with van der Waals surface area (Å²) >= 11 is 13.8. The average Bonchev–Trinajstić information content (AvgIpc) is 3.07. The fraction of sp³-hybridized carbons (Fsp3) is 0.0667. The van der Waals surface area contributed by atoms with Crippen LogP contribution >= 0.6 is 35.0 Å². The number of hydrogen-bond acceptors (Lipinski definition) is 3. The SMILES string of the molecule is Clc1cc(Cl)c2nc(CSc3nc4ccccc4[nH]3)cn2c1. The summed E-state index contributed by atoms with van der Waals surface area (Å²) in [5.74, 6) is 0.704. The molecule has 0 amide bonds. The quantitative estimate of drug-likeness (QED) is 0.540. The van der Waals surface area contributed by atoms with E-state index in [9.17, 15) is 0 Å². The molecule has 7 heteroatoms. The third kappa shape index (κ3) is 2.56. The first-order valence-electron chi connectivity index (χ1n) is 6.59. The molecule has 0 saturated heterocycles. The number of thioether (sulfide) groups is 1. The first-order chi connectivity index (χ1) is 10.7. The molecule has 110 valence electrons. The van der Waals surface area contributed by atoms with Crippen LogP contribution in [0.25, 0.3) is 16.7 Å². The van der Waals surface area contributed by atoms with Gasteiger partial charge in [-0.1, -0.05) is 47.1 Å². The second-order valence-electron chi connectivity index (χ2n) is 4.82. The molecule has 4 nitrogen and oxygen atoms in total. The van der Waals surface area contributed by atoms with Gasteiger partial charge >= 0.3 is 0 Å². The second-order valence-corrected chi connectivity index (χ2v) is 6.62. The number of fused-ring (bicyclic) bond motifs is 2. The summed E-state index contributed by atoms with van der Waals surface area (Å²) in [6.45, 7) is 0. The van der Waals surface area contributed by atoms with Crippen molar-refractivity contribution in [1.82, 2.24) is 19.4 Å². The van der Waals surface area contributed by atoms with Gasteiger partial charge in [0.1, 0.15) is 0 Å². The fourth-order valence-electron chi connectivity index (χ4n) is 2.28. The molecule has 0 saturated carbocycles. The Morgan fingerprint density at radius 3 is 2.86 bits per heavy atom. The number of benzene rings is 1. The van der Waals surface area contributed by atoms with Crippen LogP contribution in [0.5, 0.6) is 0 Å². The van der Waals surface area contributed by atoms with Crippen molar-refractivity contribution in [2.75, 3.05) is 0 Å². The Balaban J connectivity index is 1.59. The molecule has 4 rings (SSSR count). The number of para-hydroxylation sites is 2. The van der Waals surface area contributed by atoms with Crippen molar-refractivity contribution in [2.24, 2.45) is 0 Å². The van der Waals surface area contributed by atoms with E-state index in [-0.39, 0.29) is 0 Å². The minimum Gasteiger partial charge on any atom is -0.333 e. The smallest absolute Gasteiger partial charge is 0.166 e. The normalized spacial score (nSPS) is 11.5. The van der Waals surface area contributed by atoms with Crippen LogP contribution in [0.1, 0.15) is 5.69 Å². The van der Waals surface area contributed by atoms with Crippen LogP contribution in [0.15, 0.2) is 47.9 Å². The van der Waals surface area contributed by atoms with Crippen LogP contribution in [0.4, 0.5) is 0 Å². The summed E-state index contributed by atoms with van der Waals surface area (Å²) < 4.78 is 1.85. The number of aromatic amines is 1. The molecule has 0 spiro atoms. The van der Waals surface area contributed by atoms with Gasteiger partial charge in [-0.15, -0.1) is 0 Å². The maximum absolute atomic E-state index is 6.15. The van der Waals surface area contributed by atoms with E-state index >= 15 is 0 Å². The van der Waals surface area contributed by atoms with Crippen molar-refractivity contribution in [2.45, 2.75) is 10.9 Å². The number of imidazole rings is 2. The molecule has 0 fully saturated rings. The van der Waals surface area contributed by atoms with Gasteiger partial charge in [0, 0.05) is 18.1 Å². The third-order valence-electron chi connectivity index (χ3n) is 3.25. The Hall–Kier alpha value is -1.69. The Morgan fingerprint density at radius 1 is 1.14 bits per heavy atom. The van der Waals surface area contributed by atoms with E-state index in [1.807, 2.05) is 34.9 Å². The van der Waals surface area contributed by atoms with Crippen LogP contribution in [0.3, 0.4) is 0 Å². The van der Waals surface area contributed by atoms with Gasteiger partial charge < -0.3 is 9.38 Å². The molecule has 22 heavy (non-hydrogen) atoms. The van der Waals surface area contributed by atoms with Crippen molar-refractivity contribution in [3.8, 4) is 0 Å². The zero-order valence-electron chi connectivity index (χ0n) is 11.3. The van der Waals surface area contributed by atoms with Gasteiger partial charge in [0.05, 0.1) is 26.8 Å². The van der Waals surface area contributed by atoms with Gasteiger partial charge in [-0.3, -0.25) is 0 Å². The number of hydrogen-bond donors (Lipinski definition) is 1. The van der Waals surface area contributed by atoms with Crippen LogP contribution < -0.4 is 0 Å². The summed E-state index contributed by atoms with van der Waals surface area (Å²) in [5, 5.41) is 2.02. The lowest BCUT2D eigenvalue weighted by Crippen LogP contribution is -1.82. The molecule has 4 aromatic rings. The monoisotopic (exact) mass is 348 g/mol. The number of H-pyrrole nitrogens is 1. The lowest BCUT2D eigenvalue weighted by atomic mass is 10.3. The highest BCUT2D eigenvalue weighted by molar-refractivity contribution is 7.98. The lowest BCUT2D eigenvalue weighted by Gasteiger charge is -1.95. The van der Waals surface area contributed by atoms with E-state index in [1.165, 1.54) is 0 Å². The van der Waals surface area contributed by atoms with Gasteiger partial charge in [-0.05, 0) is 18.2 Å². The highest BCUT2D eigenvalue weighted by Gasteiger charge is 2.09. The molecule has 1 N–H and O–H groups in total.